The van der Waals surface area contributed by atoms with Gasteiger partial charge in [-0.3, -0.25) is 4.90 Å². The molecule has 3 N–H and O–H groups in total. The van der Waals surface area contributed by atoms with Crippen molar-refractivity contribution < 1.29 is 18.0 Å². The maximum Gasteiger partial charge on any atom is 0.322 e. The number of sulfone groups is 1. The molecule has 0 spiro atoms. The van der Waals surface area contributed by atoms with Gasteiger partial charge >= 0.3 is 12.1 Å². The summed E-state index contributed by atoms with van der Waals surface area (Å²) in [6.45, 7) is 4.26. The van der Waals surface area contributed by atoms with Gasteiger partial charge in [0.1, 0.15) is 0 Å². The van der Waals surface area contributed by atoms with Crippen LogP contribution < -0.4 is 20.9 Å². The lowest BCUT2D eigenvalue weighted by molar-refractivity contribution is 0.244. The lowest BCUT2D eigenvalue weighted by Crippen LogP contribution is -2.42. The van der Waals surface area contributed by atoms with Gasteiger partial charge in [-0.15, -0.1) is 0 Å². The molecule has 30 heavy (non-hydrogen) atoms. The summed E-state index contributed by atoms with van der Waals surface area (Å²) in [6.07, 6.45) is 0.571. The Morgan fingerprint density at radius 2 is 1.87 bits per heavy atom. The highest BCUT2D eigenvalue weighted by atomic mass is 32.2. The molecule has 2 aliphatic heterocycles. The predicted octanol–water partition coefficient (Wildman–Crippen LogP) is 2.32. The molecule has 2 heterocycles. The third-order valence-corrected chi connectivity index (χ3v) is 7.26. The third-order valence-electron chi connectivity index (χ3n) is 5.29. The molecular formula is C21H24N4O4S. The van der Waals surface area contributed by atoms with E-state index in [4.69, 9.17) is 0 Å². The summed E-state index contributed by atoms with van der Waals surface area (Å²) in [5.74, 6) is 0. The molecule has 2 aromatic rings. The number of amides is 4. The summed E-state index contributed by atoms with van der Waals surface area (Å²) in [5.41, 5.74) is 2.21. The highest BCUT2D eigenvalue weighted by Crippen LogP contribution is 2.34. The van der Waals surface area contributed by atoms with Gasteiger partial charge < -0.3 is 16.0 Å². The van der Waals surface area contributed by atoms with Gasteiger partial charge in [-0.1, -0.05) is 30.3 Å². The Balaban J connectivity index is 1.64. The number of fused-ring (bicyclic) bond motifs is 1. The highest BCUT2D eigenvalue weighted by Gasteiger charge is 2.43. The molecule has 2 aromatic carbocycles. The van der Waals surface area contributed by atoms with Gasteiger partial charge in [0.2, 0.25) is 9.84 Å². The van der Waals surface area contributed by atoms with Crippen LogP contribution in [-0.2, 0) is 16.3 Å². The van der Waals surface area contributed by atoms with Crippen LogP contribution in [0.15, 0.2) is 53.4 Å². The van der Waals surface area contributed by atoms with Crippen LogP contribution in [0.3, 0.4) is 0 Å². The Labute approximate surface area is 175 Å². The molecule has 158 valence electrons. The van der Waals surface area contributed by atoms with Gasteiger partial charge in [0, 0.05) is 18.3 Å². The van der Waals surface area contributed by atoms with Crippen molar-refractivity contribution >= 4 is 27.6 Å². The quantitative estimate of drug-likeness (QED) is 0.695. The number of hydrogen-bond donors (Lipinski definition) is 3. The second kappa shape index (κ2) is 7.64. The first-order chi connectivity index (χ1) is 14.3. The molecular weight excluding hydrogens is 404 g/mol. The molecule has 9 heteroatoms. The van der Waals surface area contributed by atoms with E-state index in [0.717, 1.165) is 5.56 Å². The van der Waals surface area contributed by atoms with Crippen LogP contribution in [0.4, 0.5) is 15.3 Å². The molecule has 1 fully saturated rings. The number of hydrogen-bond acceptors (Lipinski definition) is 4. The van der Waals surface area contributed by atoms with E-state index in [1.54, 1.807) is 41.3 Å². The van der Waals surface area contributed by atoms with Crippen LogP contribution in [-0.4, -0.2) is 38.4 Å². The molecule has 0 radical (unpaired) electrons. The van der Waals surface area contributed by atoms with Crippen molar-refractivity contribution in [2.45, 2.75) is 42.6 Å². The number of carbonyl (C=O) groups is 2. The standard InChI is InChI=1S/C21H24N4O4S/c1-13(2)22-21(27)25-11-10-15-12-16(8-9-17(15)25)30(28,29)19-18(23-20(26)24-19)14-6-4-3-5-7-14/h3-9,12-13,18-19H,10-11H2,1-2H3,(H,22,27)(H2,23,24,26). The number of nitrogens with one attached hydrogen (secondary N) is 3. The van der Waals surface area contributed by atoms with Crippen LogP contribution in [0.2, 0.25) is 0 Å². The zero-order valence-corrected chi connectivity index (χ0v) is 17.6. The van der Waals surface area contributed by atoms with Crippen molar-refractivity contribution in [1.82, 2.24) is 16.0 Å². The van der Waals surface area contributed by atoms with Crippen LogP contribution >= 0.6 is 0 Å². The van der Waals surface area contributed by atoms with Crippen LogP contribution in [0.5, 0.6) is 0 Å². The van der Waals surface area contributed by atoms with Gasteiger partial charge in [-0.2, -0.15) is 0 Å². The van der Waals surface area contributed by atoms with Gasteiger partial charge in [0.05, 0.1) is 10.9 Å². The normalized spacial score (nSPS) is 20.6. The first-order valence-electron chi connectivity index (χ1n) is 9.84. The summed E-state index contributed by atoms with van der Waals surface area (Å²) < 4.78 is 26.8. The first-order valence-corrected chi connectivity index (χ1v) is 11.4. The smallest absolute Gasteiger partial charge is 0.322 e. The van der Waals surface area contributed by atoms with Gasteiger partial charge in [0.25, 0.3) is 0 Å². The van der Waals surface area contributed by atoms with E-state index in [1.165, 1.54) is 6.07 Å². The minimum Gasteiger partial charge on any atom is -0.336 e. The van der Waals surface area contributed by atoms with Crippen LogP contribution in [0.25, 0.3) is 0 Å². The summed E-state index contributed by atoms with van der Waals surface area (Å²) >= 11 is 0. The Morgan fingerprint density at radius 1 is 1.13 bits per heavy atom. The minimum absolute atomic E-state index is 0.00889. The SMILES string of the molecule is CC(C)NC(=O)N1CCc2cc(S(=O)(=O)C3NC(=O)NC3c3ccccc3)ccc21. The average Bonchev–Trinajstić information content (AvgIpc) is 3.31. The van der Waals surface area contributed by atoms with Crippen LogP contribution in [0.1, 0.15) is 31.0 Å². The molecule has 8 nitrogen and oxygen atoms in total. The van der Waals surface area contributed by atoms with E-state index in [0.29, 0.717) is 24.2 Å². The van der Waals surface area contributed by atoms with E-state index >= 15 is 0 Å². The summed E-state index contributed by atoms with van der Waals surface area (Å²) in [4.78, 5) is 26.1. The number of benzene rings is 2. The molecule has 0 saturated carbocycles. The number of rotatable bonds is 4. The lowest BCUT2D eigenvalue weighted by Gasteiger charge is -2.21. The van der Waals surface area contributed by atoms with E-state index in [1.807, 2.05) is 19.9 Å². The molecule has 4 rings (SSSR count). The largest absolute Gasteiger partial charge is 0.336 e. The topological polar surface area (TPSA) is 108 Å². The molecule has 0 bridgehead atoms. The average molecular weight is 429 g/mol. The summed E-state index contributed by atoms with van der Waals surface area (Å²) in [7, 11) is -3.86. The van der Waals surface area contributed by atoms with Gasteiger partial charge in [0.15, 0.2) is 5.37 Å². The van der Waals surface area contributed by atoms with E-state index in [9.17, 15) is 18.0 Å². The van der Waals surface area contributed by atoms with Crippen molar-refractivity contribution in [2.75, 3.05) is 11.4 Å². The molecule has 4 amide bonds. The first kappa shape index (κ1) is 20.2. The van der Waals surface area contributed by atoms with E-state index in [-0.39, 0.29) is 17.0 Å². The molecule has 2 atom stereocenters. The molecule has 1 saturated heterocycles. The fourth-order valence-corrected chi connectivity index (χ4v) is 5.59. The summed E-state index contributed by atoms with van der Waals surface area (Å²) in [6, 6.07) is 12.4. The second-order valence-corrected chi connectivity index (χ2v) is 9.84. The summed E-state index contributed by atoms with van der Waals surface area (Å²) in [5, 5.41) is 6.98. The highest BCUT2D eigenvalue weighted by molar-refractivity contribution is 7.92. The monoisotopic (exact) mass is 428 g/mol. The fourth-order valence-electron chi connectivity index (χ4n) is 3.88. The number of urea groups is 2. The zero-order valence-electron chi connectivity index (χ0n) is 16.8. The molecule has 0 aliphatic carbocycles. The minimum atomic E-state index is -3.86. The van der Waals surface area contributed by atoms with Crippen molar-refractivity contribution in [3.63, 3.8) is 0 Å². The predicted molar refractivity (Wildman–Crippen MR) is 113 cm³/mol. The number of nitrogens with zero attached hydrogens (tertiary/aromatic N) is 1. The van der Waals surface area contributed by atoms with Crippen LogP contribution in [0, 0.1) is 0 Å². The molecule has 2 aliphatic rings. The van der Waals surface area contributed by atoms with E-state index < -0.39 is 27.3 Å². The van der Waals surface area contributed by atoms with Crippen molar-refractivity contribution in [3.8, 4) is 0 Å². The van der Waals surface area contributed by atoms with Gasteiger partial charge in [-0.05, 0) is 49.6 Å². The Kier molecular flexibility index (Phi) is 5.15. The number of carbonyl (C=O) groups excluding carboxylic acids is 2. The van der Waals surface area contributed by atoms with Gasteiger partial charge in [-0.25, -0.2) is 18.0 Å². The van der Waals surface area contributed by atoms with E-state index in [2.05, 4.69) is 16.0 Å². The maximum absolute atomic E-state index is 13.4. The zero-order chi connectivity index (χ0) is 21.5. The van der Waals surface area contributed by atoms with Crippen molar-refractivity contribution in [3.05, 3.63) is 59.7 Å². The fraction of sp³-hybridized carbons (Fsp3) is 0.333. The Bertz CT molecular complexity index is 1090. The maximum atomic E-state index is 13.4. The Hall–Kier alpha value is -3.07. The second-order valence-electron chi connectivity index (χ2n) is 7.77. The molecule has 0 aromatic heterocycles. The molecule has 2 unspecified atom stereocenters. The number of anilines is 1. The third kappa shape index (κ3) is 3.60. The lowest BCUT2D eigenvalue weighted by atomic mass is 10.1. The van der Waals surface area contributed by atoms with Crippen molar-refractivity contribution in [2.24, 2.45) is 0 Å². The Morgan fingerprint density at radius 3 is 2.57 bits per heavy atom. The van der Waals surface area contributed by atoms with Crippen molar-refractivity contribution in [1.29, 1.82) is 0 Å².